The molecule has 0 saturated heterocycles. The molecule has 0 N–H and O–H groups in total. The van der Waals surface area contributed by atoms with E-state index in [1.807, 2.05) is 49.8 Å². The molecule has 0 unspecified atom stereocenters. The van der Waals surface area contributed by atoms with E-state index in [1.54, 1.807) is 6.33 Å². The van der Waals surface area contributed by atoms with Crippen molar-refractivity contribution in [3.63, 3.8) is 0 Å². The van der Waals surface area contributed by atoms with Crippen LogP contribution >= 0.6 is 0 Å². The van der Waals surface area contributed by atoms with E-state index in [0.717, 1.165) is 30.1 Å². The van der Waals surface area contributed by atoms with Crippen molar-refractivity contribution < 1.29 is 0 Å². The number of fused-ring (bicyclic) bond motifs is 1. The summed E-state index contributed by atoms with van der Waals surface area (Å²) in [6.07, 6.45) is 3.45. The fourth-order valence-corrected chi connectivity index (χ4v) is 2.98. The third-order valence-electron chi connectivity index (χ3n) is 4.20. The molecule has 5 heteroatoms. The quantitative estimate of drug-likeness (QED) is 0.562. The monoisotopic (exact) mass is 329 g/mol. The van der Waals surface area contributed by atoms with Crippen LogP contribution in [-0.2, 0) is 13.1 Å². The van der Waals surface area contributed by atoms with Gasteiger partial charge in [0.15, 0.2) is 17.0 Å². The van der Waals surface area contributed by atoms with E-state index >= 15 is 0 Å². The predicted molar refractivity (Wildman–Crippen MR) is 99.4 cm³/mol. The van der Waals surface area contributed by atoms with E-state index in [1.165, 1.54) is 11.1 Å². The van der Waals surface area contributed by atoms with Crippen LogP contribution in [0, 0.1) is 0 Å². The lowest BCUT2D eigenvalue weighted by Gasteiger charge is -2.18. The van der Waals surface area contributed by atoms with Crippen molar-refractivity contribution in [1.29, 1.82) is 0 Å². The molecule has 0 amide bonds. The summed E-state index contributed by atoms with van der Waals surface area (Å²) < 4.78 is 2.06. The van der Waals surface area contributed by atoms with Gasteiger partial charge in [-0.2, -0.15) is 0 Å². The lowest BCUT2D eigenvalue weighted by atomic mass is 10.2. The van der Waals surface area contributed by atoms with E-state index in [0.29, 0.717) is 0 Å². The first-order valence-corrected chi connectivity index (χ1v) is 8.26. The molecular weight excluding hydrogens is 310 g/mol. The summed E-state index contributed by atoms with van der Waals surface area (Å²) in [6.45, 7) is 1.52. The zero-order valence-corrected chi connectivity index (χ0v) is 14.1. The lowest BCUT2D eigenvalue weighted by Crippen LogP contribution is -2.18. The molecular formula is C20H19N5. The van der Waals surface area contributed by atoms with Crippen LogP contribution in [0.2, 0.25) is 0 Å². The molecule has 0 atom stereocenters. The molecule has 5 nitrogen and oxygen atoms in total. The molecule has 25 heavy (non-hydrogen) atoms. The van der Waals surface area contributed by atoms with Gasteiger partial charge >= 0.3 is 0 Å². The zero-order valence-electron chi connectivity index (χ0n) is 14.1. The van der Waals surface area contributed by atoms with Crippen LogP contribution in [0.3, 0.4) is 0 Å². The van der Waals surface area contributed by atoms with Gasteiger partial charge in [0.25, 0.3) is 0 Å². The Morgan fingerprint density at radius 2 is 1.52 bits per heavy atom. The van der Waals surface area contributed by atoms with Gasteiger partial charge in [0.05, 0.1) is 12.9 Å². The fraction of sp³-hybridized carbons (Fsp3) is 0.150. The van der Waals surface area contributed by atoms with Gasteiger partial charge in [0.2, 0.25) is 0 Å². The highest BCUT2D eigenvalue weighted by Gasteiger charge is 2.14. The SMILES string of the molecule is CN(Cc1ccccc1)c1ncnc2c1ncn2Cc1ccccc1. The van der Waals surface area contributed by atoms with Crippen molar-refractivity contribution in [2.24, 2.45) is 0 Å². The van der Waals surface area contributed by atoms with E-state index < -0.39 is 0 Å². The number of benzene rings is 2. The van der Waals surface area contributed by atoms with Crippen LogP contribution in [0.4, 0.5) is 5.82 Å². The maximum absolute atomic E-state index is 4.57. The molecule has 0 fully saturated rings. The molecule has 0 radical (unpaired) electrons. The van der Waals surface area contributed by atoms with Crippen molar-refractivity contribution in [3.05, 3.63) is 84.4 Å². The second-order valence-electron chi connectivity index (χ2n) is 6.07. The number of hydrogen-bond acceptors (Lipinski definition) is 4. The maximum atomic E-state index is 4.57. The molecule has 4 aromatic rings. The Morgan fingerprint density at radius 1 is 0.840 bits per heavy atom. The number of anilines is 1. The van der Waals surface area contributed by atoms with Crippen LogP contribution in [-0.4, -0.2) is 26.6 Å². The lowest BCUT2D eigenvalue weighted by molar-refractivity contribution is 0.812. The molecule has 2 aromatic heterocycles. The Bertz CT molecular complexity index is 963. The fourth-order valence-electron chi connectivity index (χ4n) is 2.98. The zero-order chi connectivity index (χ0) is 17.1. The Morgan fingerprint density at radius 3 is 2.24 bits per heavy atom. The number of imidazole rings is 1. The number of aromatic nitrogens is 4. The summed E-state index contributed by atoms with van der Waals surface area (Å²) >= 11 is 0. The topological polar surface area (TPSA) is 46.8 Å². The predicted octanol–water partition coefficient (Wildman–Crippen LogP) is 3.51. The van der Waals surface area contributed by atoms with Crippen molar-refractivity contribution in [3.8, 4) is 0 Å². The minimum Gasteiger partial charge on any atom is -0.353 e. The van der Waals surface area contributed by atoms with Crippen molar-refractivity contribution in [2.75, 3.05) is 11.9 Å². The second-order valence-corrected chi connectivity index (χ2v) is 6.07. The molecule has 0 aliphatic rings. The standard InChI is InChI=1S/C20H19N5/c1-24(12-16-8-4-2-5-9-16)19-18-20(22-14-21-19)25(15-23-18)13-17-10-6-3-7-11-17/h2-11,14-15H,12-13H2,1H3. The van der Waals surface area contributed by atoms with Gasteiger partial charge in [-0.1, -0.05) is 60.7 Å². The smallest absolute Gasteiger partial charge is 0.165 e. The molecule has 4 rings (SSSR count). The number of rotatable bonds is 5. The Hall–Kier alpha value is -3.21. The maximum Gasteiger partial charge on any atom is 0.165 e. The van der Waals surface area contributed by atoms with Gasteiger partial charge in [-0.15, -0.1) is 0 Å². The highest BCUT2D eigenvalue weighted by Crippen LogP contribution is 2.22. The normalized spacial score (nSPS) is 10.9. The van der Waals surface area contributed by atoms with Gasteiger partial charge in [0.1, 0.15) is 6.33 Å². The van der Waals surface area contributed by atoms with E-state index in [9.17, 15) is 0 Å². The van der Waals surface area contributed by atoms with E-state index in [4.69, 9.17) is 0 Å². The highest BCUT2D eigenvalue weighted by atomic mass is 15.2. The summed E-state index contributed by atoms with van der Waals surface area (Å²) in [5.74, 6) is 0.848. The molecule has 0 spiro atoms. The summed E-state index contributed by atoms with van der Waals surface area (Å²) in [5, 5.41) is 0. The average Bonchev–Trinajstić information content (AvgIpc) is 3.06. The van der Waals surface area contributed by atoms with Crippen LogP contribution in [0.5, 0.6) is 0 Å². The first-order chi connectivity index (χ1) is 12.3. The van der Waals surface area contributed by atoms with Gasteiger partial charge in [-0.05, 0) is 11.1 Å². The van der Waals surface area contributed by atoms with Crippen molar-refractivity contribution >= 4 is 17.0 Å². The molecule has 0 bridgehead atoms. The largest absolute Gasteiger partial charge is 0.353 e. The number of hydrogen-bond donors (Lipinski definition) is 0. The van der Waals surface area contributed by atoms with Gasteiger partial charge in [0, 0.05) is 13.6 Å². The highest BCUT2D eigenvalue weighted by molar-refractivity contribution is 5.83. The van der Waals surface area contributed by atoms with Crippen LogP contribution in [0.25, 0.3) is 11.2 Å². The van der Waals surface area contributed by atoms with Crippen LogP contribution < -0.4 is 4.90 Å². The third kappa shape index (κ3) is 3.21. The minimum absolute atomic E-state index is 0.746. The number of nitrogens with zero attached hydrogens (tertiary/aromatic N) is 5. The summed E-state index contributed by atoms with van der Waals surface area (Å²) in [7, 11) is 2.03. The first-order valence-electron chi connectivity index (χ1n) is 8.26. The Kier molecular flexibility index (Phi) is 4.12. The minimum atomic E-state index is 0.746. The molecule has 124 valence electrons. The first kappa shape index (κ1) is 15.3. The molecule has 2 aromatic carbocycles. The molecule has 0 aliphatic carbocycles. The van der Waals surface area contributed by atoms with Crippen LogP contribution in [0.1, 0.15) is 11.1 Å². The second kappa shape index (κ2) is 6.73. The van der Waals surface area contributed by atoms with Crippen LogP contribution in [0.15, 0.2) is 73.3 Å². The molecule has 2 heterocycles. The van der Waals surface area contributed by atoms with Gasteiger partial charge in [-0.3, -0.25) is 0 Å². The summed E-state index contributed by atoms with van der Waals surface area (Å²) in [6, 6.07) is 20.7. The van der Waals surface area contributed by atoms with Crippen molar-refractivity contribution in [1.82, 2.24) is 19.5 Å². The van der Waals surface area contributed by atoms with E-state index in [2.05, 4.69) is 48.7 Å². The van der Waals surface area contributed by atoms with E-state index in [-0.39, 0.29) is 0 Å². The summed E-state index contributed by atoms with van der Waals surface area (Å²) in [5.41, 5.74) is 4.14. The molecule has 0 aliphatic heterocycles. The Balaban J connectivity index is 1.64. The van der Waals surface area contributed by atoms with Gasteiger partial charge in [-0.25, -0.2) is 15.0 Å². The Labute approximate surface area is 146 Å². The van der Waals surface area contributed by atoms with Gasteiger partial charge < -0.3 is 9.47 Å². The molecule has 0 saturated carbocycles. The third-order valence-corrected chi connectivity index (χ3v) is 4.20. The average molecular weight is 329 g/mol. The van der Waals surface area contributed by atoms with Crippen molar-refractivity contribution in [2.45, 2.75) is 13.1 Å². The summed E-state index contributed by atoms with van der Waals surface area (Å²) in [4.78, 5) is 15.6.